The number of rotatable bonds is 6. The second kappa shape index (κ2) is 6.86. The van der Waals surface area contributed by atoms with E-state index in [1.165, 1.54) is 18.2 Å². The smallest absolute Gasteiger partial charge is 0.303 e. The molecule has 0 aromatic heterocycles. The molecule has 1 aromatic carbocycles. The van der Waals surface area contributed by atoms with Crippen LogP contribution in [0.2, 0.25) is 5.02 Å². The molecule has 1 amide bonds. The van der Waals surface area contributed by atoms with E-state index in [1.807, 2.05) is 0 Å². The molecule has 98 valence electrons. The maximum absolute atomic E-state index is 11.5. The predicted molar refractivity (Wildman–Crippen MR) is 67.9 cm³/mol. The maximum atomic E-state index is 11.5. The highest BCUT2D eigenvalue weighted by Gasteiger charge is 2.05. The molecule has 1 aromatic rings. The topological polar surface area (TPSA) is 86.6 Å². The Labute approximate surface area is 109 Å². The molecule has 18 heavy (non-hydrogen) atoms. The zero-order valence-corrected chi connectivity index (χ0v) is 10.4. The van der Waals surface area contributed by atoms with Crippen molar-refractivity contribution in [3.05, 3.63) is 23.2 Å². The van der Waals surface area contributed by atoms with E-state index < -0.39 is 5.97 Å². The molecule has 0 saturated carbocycles. The number of aliphatic carboxylic acids is 1. The standard InChI is InChI=1S/C12H14ClNO4/c13-9-7-8(5-6-10(9)15)14-11(16)3-1-2-4-12(17)18/h5-7,15H,1-4H2,(H,14,16)(H,17,18). The van der Waals surface area contributed by atoms with Gasteiger partial charge in [0.2, 0.25) is 5.91 Å². The van der Waals surface area contributed by atoms with E-state index in [2.05, 4.69) is 5.32 Å². The predicted octanol–water partition coefficient (Wildman–Crippen LogP) is 2.63. The number of amides is 1. The van der Waals surface area contributed by atoms with E-state index in [0.29, 0.717) is 18.5 Å². The third-order valence-electron chi connectivity index (χ3n) is 2.28. The number of phenolic OH excluding ortho intramolecular Hbond substituents is 1. The molecular formula is C12H14ClNO4. The zero-order valence-electron chi connectivity index (χ0n) is 9.65. The lowest BCUT2D eigenvalue weighted by Crippen LogP contribution is -2.11. The van der Waals surface area contributed by atoms with Crippen LogP contribution in [-0.2, 0) is 9.59 Å². The highest BCUT2D eigenvalue weighted by Crippen LogP contribution is 2.26. The van der Waals surface area contributed by atoms with Gasteiger partial charge in [-0.05, 0) is 31.0 Å². The highest BCUT2D eigenvalue weighted by molar-refractivity contribution is 6.32. The molecule has 0 saturated heterocycles. The fourth-order valence-corrected chi connectivity index (χ4v) is 1.55. The van der Waals surface area contributed by atoms with Crippen LogP contribution in [0.1, 0.15) is 25.7 Å². The lowest BCUT2D eigenvalue weighted by molar-refractivity contribution is -0.137. The lowest BCUT2D eigenvalue weighted by Gasteiger charge is -2.06. The highest BCUT2D eigenvalue weighted by atomic mass is 35.5. The number of halogens is 1. The van der Waals surface area contributed by atoms with Gasteiger partial charge in [-0.1, -0.05) is 11.6 Å². The summed E-state index contributed by atoms with van der Waals surface area (Å²) in [5, 5.41) is 20.4. The van der Waals surface area contributed by atoms with Gasteiger partial charge in [0.25, 0.3) is 0 Å². The number of benzene rings is 1. The van der Waals surface area contributed by atoms with Crippen molar-refractivity contribution < 1.29 is 19.8 Å². The molecule has 0 radical (unpaired) electrons. The Morgan fingerprint density at radius 2 is 1.89 bits per heavy atom. The Kier molecular flexibility index (Phi) is 5.45. The first-order valence-electron chi connectivity index (χ1n) is 5.49. The summed E-state index contributed by atoms with van der Waals surface area (Å²) in [6, 6.07) is 4.38. The average molecular weight is 272 g/mol. The van der Waals surface area contributed by atoms with Crippen molar-refractivity contribution in [3.8, 4) is 5.75 Å². The second-order valence-electron chi connectivity index (χ2n) is 3.82. The largest absolute Gasteiger partial charge is 0.506 e. The summed E-state index contributed by atoms with van der Waals surface area (Å²) < 4.78 is 0. The van der Waals surface area contributed by atoms with Gasteiger partial charge in [0.05, 0.1) is 5.02 Å². The molecule has 6 heteroatoms. The van der Waals surface area contributed by atoms with Gasteiger partial charge in [0.1, 0.15) is 5.75 Å². The third kappa shape index (κ3) is 5.05. The summed E-state index contributed by atoms with van der Waals surface area (Å²) in [6.45, 7) is 0. The Balaban J connectivity index is 2.35. The fraction of sp³-hybridized carbons (Fsp3) is 0.333. The molecule has 0 aliphatic rings. The molecule has 0 atom stereocenters. The van der Waals surface area contributed by atoms with Gasteiger partial charge in [-0.2, -0.15) is 0 Å². The average Bonchev–Trinajstić information content (AvgIpc) is 2.29. The summed E-state index contributed by atoms with van der Waals surface area (Å²) in [6.07, 6.45) is 1.31. The van der Waals surface area contributed by atoms with Crippen LogP contribution in [0.4, 0.5) is 5.69 Å². The minimum absolute atomic E-state index is 0.0453. The van der Waals surface area contributed by atoms with Crippen LogP contribution in [0.25, 0.3) is 0 Å². The molecule has 1 rings (SSSR count). The maximum Gasteiger partial charge on any atom is 0.303 e. The molecular weight excluding hydrogens is 258 g/mol. The van der Waals surface area contributed by atoms with Crippen LogP contribution in [0, 0.1) is 0 Å². The minimum atomic E-state index is -0.860. The summed E-state index contributed by atoms with van der Waals surface area (Å²) in [7, 11) is 0. The van der Waals surface area contributed by atoms with Gasteiger partial charge in [-0.25, -0.2) is 0 Å². The first-order chi connectivity index (χ1) is 8.49. The van der Waals surface area contributed by atoms with Crippen LogP contribution in [0.15, 0.2) is 18.2 Å². The molecule has 0 aliphatic heterocycles. The van der Waals surface area contributed by atoms with E-state index in [-0.39, 0.29) is 29.5 Å². The van der Waals surface area contributed by atoms with Crippen molar-refractivity contribution in [1.82, 2.24) is 0 Å². The van der Waals surface area contributed by atoms with Gasteiger partial charge in [0, 0.05) is 18.5 Å². The summed E-state index contributed by atoms with van der Waals surface area (Å²) >= 11 is 5.69. The number of carbonyl (C=O) groups excluding carboxylic acids is 1. The Bertz CT molecular complexity index is 448. The van der Waals surface area contributed by atoms with Crippen LogP contribution < -0.4 is 5.32 Å². The van der Waals surface area contributed by atoms with E-state index in [0.717, 1.165) is 0 Å². The quantitative estimate of drug-likeness (QED) is 0.548. The Morgan fingerprint density at radius 1 is 1.22 bits per heavy atom. The van der Waals surface area contributed by atoms with Crippen molar-refractivity contribution in [2.75, 3.05) is 5.32 Å². The number of carboxylic acid groups (broad SMARTS) is 1. The van der Waals surface area contributed by atoms with Crippen molar-refractivity contribution in [1.29, 1.82) is 0 Å². The summed E-state index contributed by atoms with van der Waals surface area (Å²) in [5.41, 5.74) is 0.501. The number of carboxylic acids is 1. The number of anilines is 1. The molecule has 0 heterocycles. The Hall–Kier alpha value is -1.75. The molecule has 5 nitrogen and oxygen atoms in total. The zero-order chi connectivity index (χ0) is 13.5. The van der Waals surface area contributed by atoms with Crippen LogP contribution in [0.3, 0.4) is 0 Å². The molecule has 0 unspecified atom stereocenters. The van der Waals surface area contributed by atoms with Gasteiger partial charge in [-0.15, -0.1) is 0 Å². The second-order valence-corrected chi connectivity index (χ2v) is 4.22. The minimum Gasteiger partial charge on any atom is -0.506 e. The number of hydrogen-bond donors (Lipinski definition) is 3. The third-order valence-corrected chi connectivity index (χ3v) is 2.58. The van der Waals surface area contributed by atoms with Crippen LogP contribution >= 0.6 is 11.6 Å². The number of hydrogen-bond acceptors (Lipinski definition) is 3. The van der Waals surface area contributed by atoms with Crippen molar-refractivity contribution >= 4 is 29.2 Å². The first-order valence-corrected chi connectivity index (χ1v) is 5.87. The van der Waals surface area contributed by atoms with Crippen molar-refractivity contribution in [3.63, 3.8) is 0 Å². The first kappa shape index (κ1) is 14.3. The monoisotopic (exact) mass is 271 g/mol. The number of aromatic hydroxyl groups is 1. The number of unbranched alkanes of at least 4 members (excludes halogenated alkanes) is 1. The van der Waals surface area contributed by atoms with E-state index >= 15 is 0 Å². The number of nitrogens with one attached hydrogen (secondary N) is 1. The SMILES string of the molecule is O=C(O)CCCCC(=O)Nc1ccc(O)c(Cl)c1. The van der Waals surface area contributed by atoms with Crippen molar-refractivity contribution in [2.45, 2.75) is 25.7 Å². The molecule has 0 bridgehead atoms. The molecule has 0 fully saturated rings. The normalized spacial score (nSPS) is 10.1. The Morgan fingerprint density at radius 3 is 2.50 bits per heavy atom. The lowest BCUT2D eigenvalue weighted by atomic mass is 10.2. The van der Waals surface area contributed by atoms with E-state index in [1.54, 1.807) is 0 Å². The fourth-order valence-electron chi connectivity index (χ4n) is 1.37. The van der Waals surface area contributed by atoms with E-state index in [4.69, 9.17) is 16.7 Å². The number of carbonyl (C=O) groups is 2. The van der Waals surface area contributed by atoms with Crippen molar-refractivity contribution in [2.24, 2.45) is 0 Å². The van der Waals surface area contributed by atoms with Gasteiger partial charge in [0.15, 0.2) is 0 Å². The molecule has 3 N–H and O–H groups in total. The molecule has 0 aliphatic carbocycles. The molecule has 0 spiro atoms. The van der Waals surface area contributed by atoms with Gasteiger partial charge >= 0.3 is 5.97 Å². The van der Waals surface area contributed by atoms with Crippen LogP contribution in [-0.4, -0.2) is 22.1 Å². The summed E-state index contributed by atoms with van der Waals surface area (Å²) in [4.78, 5) is 21.8. The van der Waals surface area contributed by atoms with E-state index in [9.17, 15) is 14.7 Å². The van der Waals surface area contributed by atoms with Gasteiger partial charge < -0.3 is 15.5 Å². The summed E-state index contributed by atoms with van der Waals surface area (Å²) in [5.74, 6) is -1.11. The van der Waals surface area contributed by atoms with Gasteiger partial charge in [-0.3, -0.25) is 9.59 Å². The number of phenols is 1. The van der Waals surface area contributed by atoms with Crippen LogP contribution in [0.5, 0.6) is 5.75 Å².